The minimum atomic E-state index is -0.595. The van der Waals surface area contributed by atoms with Gasteiger partial charge in [0.25, 0.3) is 5.91 Å². The highest BCUT2D eigenvalue weighted by Gasteiger charge is 2.22. The van der Waals surface area contributed by atoms with Gasteiger partial charge in [-0.1, -0.05) is 66.7 Å². The molecule has 1 amide bonds. The van der Waals surface area contributed by atoms with Crippen LogP contribution in [0.15, 0.2) is 78.9 Å². The lowest BCUT2D eigenvalue weighted by atomic mass is 9.95. The molecule has 0 aliphatic carbocycles. The van der Waals surface area contributed by atoms with Crippen LogP contribution in [0.25, 0.3) is 0 Å². The molecule has 1 N–H and O–H groups in total. The zero-order valence-electron chi connectivity index (χ0n) is 16.0. The second-order valence-electron chi connectivity index (χ2n) is 6.79. The lowest BCUT2D eigenvalue weighted by molar-refractivity contribution is -0.127. The minimum absolute atomic E-state index is 0.145. The van der Waals surface area contributed by atoms with Gasteiger partial charge in [0, 0.05) is 0 Å². The van der Waals surface area contributed by atoms with Crippen molar-refractivity contribution >= 4 is 5.91 Å². The van der Waals surface area contributed by atoms with Crippen molar-refractivity contribution in [2.24, 2.45) is 0 Å². The molecule has 0 saturated heterocycles. The van der Waals surface area contributed by atoms with Crippen LogP contribution < -0.4 is 10.1 Å². The third-order valence-corrected chi connectivity index (χ3v) is 4.59. The first kappa shape index (κ1) is 18.7. The molecule has 3 nitrogen and oxygen atoms in total. The molecule has 0 spiro atoms. The highest BCUT2D eigenvalue weighted by molar-refractivity contribution is 5.81. The highest BCUT2D eigenvalue weighted by atomic mass is 16.5. The molecule has 0 bridgehead atoms. The summed E-state index contributed by atoms with van der Waals surface area (Å²) in [6.07, 6.45) is -0.595. The first-order chi connectivity index (χ1) is 13.0. The number of carbonyl (C=O) groups excluding carboxylic acids is 1. The molecule has 0 heterocycles. The predicted octanol–water partition coefficient (Wildman–Crippen LogP) is 4.98. The maximum atomic E-state index is 12.9. The monoisotopic (exact) mass is 359 g/mol. The molecule has 3 heteroatoms. The molecule has 3 rings (SSSR count). The Bertz CT molecular complexity index is 905. The molecule has 0 fully saturated rings. The van der Waals surface area contributed by atoms with Crippen molar-refractivity contribution in [2.75, 3.05) is 0 Å². The molecule has 138 valence electrons. The number of rotatable bonds is 6. The third kappa shape index (κ3) is 4.76. The van der Waals surface area contributed by atoms with Gasteiger partial charge in [0.05, 0.1) is 6.04 Å². The number of amides is 1. The number of hydrogen-bond acceptors (Lipinski definition) is 2. The van der Waals surface area contributed by atoms with E-state index >= 15 is 0 Å². The summed E-state index contributed by atoms with van der Waals surface area (Å²) in [5.74, 6) is 0.554. The molecule has 27 heavy (non-hydrogen) atoms. The Labute approximate surface area is 161 Å². The standard InChI is InChI=1S/C24H25NO2/c1-17-10-9-14-21(16-17)27-19(3)24(26)25-23(20-12-5-4-6-13-20)22-15-8-7-11-18(22)2/h4-16,19,23H,1-3H3,(H,25,26)/t19-,23+/m1/s1. The molecule has 0 aliphatic heterocycles. The summed E-state index contributed by atoms with van der Waals surface area (Å²) in [6.45, 7) is 5.84. The first-order valence-electron chi connectivity index (χ1n) is 9.19. The molecule has 3 aromatic carbocycles. The molecule has 0 saturated carbocycles. The van der Waals surface area contributed by atoms with Crippen LogP contribution in [0.1, 0.15) is 35.2 Å². The summed E-state index contributed by atoms with van der Waals surface area (Å²) >= 11 is 0. The third-order valence-electron chi connectivity index (χ3n) is 4.59. The lowest BCUT2D eigenvalue weighted by Gasteiger charge is -2.24. The van der Waals surface area contributed by atoms with Crippen molar-refractivity contribution in [1.29, 1.82) is 0 Å². The summed E-state index contributed by atoms with van der Waals surface area (Å²) in [7, 11) is 0. The average molecular weight is 359 g/mol. The number of ether oxygens (including phenoxy) is 1. The minimum Gasteiger partial charge on any atom is -0.481 e. The van der Waals surface area contributed by atoms with Crippen LogP contribution >= 0.6 is 0 Å². The van der Waals surface area contributed by atoms with E-state index in [2.05, 4.69) is 24.4 Å². The fraction of sp³-hybridized carbons (Fsp3) is 0.208. The molecule has 3 aromatic rings. The molecule has 0 aliphatic rings. The van der Waals surface area contributed by atoms with E-state index in [0.717, 1.165) is 22.3 Å². The largest absolute Gasteiger partial charge is 0.481 e. The lowest BCUT2D eigenvalue weighted by Crippen LogP contribution is -2.39. The molecule has 0 radical (unpaired) electrons. The molecule has 0 unspecified atom stereocenters. The van der Waals surface area contributed by atoms with E-state index in [4.69, 9.17) is 4.74 Å². The smallest absolute Gasteiger partial charge is 0.261 e. The van der Waals surface area contributed by atoms with Gasteiger partial charge in [-0.2, -0.15) is 0 Å². The first-order valence-corrected chi connectivity index (χ1v) is 9.19. The Morgan fingerprint density at radius 3 is 2.30 bits per heavy atom. The van der Waals surface area contributed by atoms with Gasteiger partial charge in [0.1, 0.15) is 5.75 Å². The highest BCUT2D eigenvalue weighted by Crippen LogP contribution is 2.25. The van der Waals surface area contributed by atoms with Gasteiger partial charge in [-0.15, -0.1) is 0 Å². The summed E-state index contributed by atoms with van der Waals surface area (Å²) in [4.78, 5) is 12.9. The zero-order valence-corrected chi connectivity index (χ0v) is 16.0. The van der Waals surface area contributed by atoms with Crippen LogP contribution in [0, 0.1) is 13.8 Å². The Morgan fingerprint density at radius 2 is 1.59 bits per heavy atom. The fourth-order valence-electron chi connectivity index (χ4n) is 3.10. The van der Waals surface area contributed by atoms with Gasteiger partial charge >= 0.3 is 0 Å². The van der Waals surface area contributed by atoms with Gasteiger partial charge in [0.15, 0.2) is 6.10 Å². The molecular weight excluding hydrogens is 334 g/mol. The van der Waals surface area contributed by atoms with Crippen LogP contribution in [0.4, 0.5) is 0 Å². The number of hydrogen-bond donors (Lipinski definition) is 1. The van der Waals surface area contributed by atoms with E-state index in [1.165, 1.54) is 0 Å². The van der Waals surface area contributed by atoms with E-state index in [-0.39, 0.29) is 11.9 Å². The van der Waals surface area contributed by atoms with Gasteiger partial charge in [0.2, 0.25) is 0 Å². The van der Waals surface area contributed by atoms with Crippen molar-refractivity contribution in [3.05, 3.63) is 101 Å². The number of carbonyl (C=O) groups is 1. The van der Waals surface area contributed by atoms with E-state index in [0.29, 0.717) is 5.75 Å². The Morgan fingerprint density at radius 1 is 0.889 bits per heavy atom. The summed E-state index contributed by atoms with van der Waals surface area (Å²) in [5, 5.41) is 3.16. The maximum absolute atomic E-state index is 12.9. The van der Waals surface area contributed by atoms with Crippen molar-refractivity contribution in [3.63, 3.8) is 0 Å². The Balaban J connectivity index is 1.81. The Kier molecular flexibility index (Phi) is 5.92. The quantitative estimate of drug-likeness (QED) is 0.674. The van der Waals surface area contributed by atoms with Crippen molar-refractivity contribution < 1.29 is 9.53 Å². The van der Waals surface area contributed by atoms with Crippen LogP contribution in [0.3, 0.4) is 0 Å². The molecule has 2 atom stereocenters. The normalized spacial score (nSPS) is 12.9. The second-order valence-corrected chi connectivity index (χ2v) is 6.79. The number of nitrogens with one attached hydrogen (secondary N) is 1. The van der Waals surface area contributed by atoms with Crippen LogP contribution in [-0.4, -0.2) is 12.0 Å². The Hall–Kier alpha value is -3.07. The van der Waals surface area contributed by atoms with E-state index in [1.807, 2.05) is 73.7 Å². The molecular formula is C24H25NO2. The van der Waals surface area contributed by atoms with Crippen molar-refractivity contribution in [3.8, 4) is 5.75 Å². The summed E-state index contributed by atoms with van der Waals surface area (Å²) in [6, 6.07) is 25.6. The maximum Gasteiger partial charge on any atom is 0.261 e. The molecule has 0 aromatic heterocycles. The predicted molar refractivity (Wildman–Crippen MR) is 109 cm³/mol. The van der Waals surface area contributed by atoms with E-state index in [9.17, 15) is 4.79 Å². The SMILES string of the molecule is Cc1cccc(O[C@H](C)C(=O)N[C@@H](c2ccccc2)c2ccccc2C)c1. The second kappa shape index (κ2) is 8.54. The summed E-state index contributed by atoms with van der Waals surface area (Å²) in [5.41, 5.74) is 4.36. The van der Waals surface area contributed by atoms with Crippen molar-refractivity contribution in [1.82, 2.24) is 5.32 Å². The van der Waals surface area contributed by atoms with Crippen LogP contribution in [-0.2, 0) is 4.79 Å². The number of benzene rings is 3. The van der Waals surface area contributed by atoms with Crippen LogP contribution in [0.2, 0.25) is 0 Å². The van der Waals surface area contributed by atoms with Crippen molar-refractivity contribution in [2.45, 2.75) is 32.9 Å². The van der Waals surface area contributed by atoms with E-state index < -0.39 is 6.10 Å². The fourth-order valence-corrected chi connectivity index (χ4v) is 3.10. The topological polar surface area (TPSA) is 38.3 Å². The summed E-state index contributed by atoms with van der Waals surface area (Å²) < 4.78 is 5.85. The van der Waals surface area contributed by atoms with Crippen LogP contribution in [0.5, 0.6) is 5.75 Å². The van der Waals surface area contributed by atoms with Gasteiger partial charge in [-0.25, -0.2) is 0 Å². The number of aryl methyl sites for hydroxylation is 2. The zero-order chi connectivity index (χ0) is 19.2. The van der Waals surface area contributed by atoms with Gasteiger partial charge in [-0.05, 0) is 55.2 Å². The van der Waals surface area contributed by atoms with E-state index in [1.54, 1.807) is 6.92 Å². The van der Waals surface area contributed by atoms with Gasteiger partial charge < -0.3 is 10.1 Å². The average Bonchev–Trinajstić information content (AvgIpc) is 2.67. The van der Waals surface area contributed by atoms with Gasteiger partial charge in [-0.3, -0.25) is 4.79 Å².